The highest BCUT2D eigenvalue weighted by atomic mass is 19.3. The lowest BCUT2D eigenvalue weighted by atomic mass is 10.1. The third kappa shape index (κ3) is 7.33. The lowest BCUT2D eigenvalue weighted by Crippen LogP contribution is -2.29. The Morgan fingerprint density at radius 2 is 1.98 bits per heavy atom. The maximum Gasteiger partial charge on any atom is 0.387 e. The number of likely N-dealkylation sites (N-methyl/N-ethyl adjacent to an activating group) is 2. The molecule has 0 unspecified atom stereocenters. The molecule has 2 aromatic carbocycles. The summed E-state index contributed by atoms with van der Waals surface area (Å²) in [6.07, 6.45) is 7.48. The van der Waals surface area contributed by atoms with Crippen molar-refractivity contribution in [2.45, 2.75) is 6.61 Å². The molecule has 43 heavy (non-hydrogen) atoms. The van der Waals surface area contributed by atoms with E-state index in [4.69, 9.17) is 4.74 Å². The fraction of sp³-hybridized carbons (Fsp3) is 0.226. The number of carbonyl (C=O) groups excluding carboxylic acids is 1. The van der Waals surface area contributed by atoms with Gasteiger partial charge in [0.1, 0.15) is 6.07 Å². The van der Waals surface area contributed by atoms with Crippen LogP contribution in [0.15, 0.2) is 73.6 Å². The van der Waals surface area contributed by atoms with Crippen LogP contribution in [0.5, 0.6) is 5.75 Å². The second kappa shape index (κ2) is 13.6. The van der Waals surface area contributed by atoms with Crippen LogP contribution in [0.1, 0.15) is 5.56 Å². The highest BCUT2D eigenvalue weighted by Gasteiger charge is 2.20. The summed E-state index contributed by atoms with van der Waals surface area (Å²) >= 11 is 0. The van der Waals surface area contributed by atoms with E-state index < -0.39 is 12.5 Å². The van der Waals surface area contributed by atoms with Gasteiger partial charge in [-0.3, -0.25) is 4.79 Å². The van der Waals surface area contributed by atoms with Gasteiger partial charge in [-0.1, -0.05) is 36.9 Å². The molecule has 0 atom stereocenters. The Hall–Kier alpha value is -5.28. The Morgan fingerprint density at radius 3 is 2.67 bits per heavy atom. The number of nitriles is 1. The molecule has 4 aromatic rings. The third-order valence-corrected chi connectivity index (χ3v) is 6.56. The zero-order valence-corrected chi connectivity index (χ0v) is 24.3. The van der Waals surface area contributed by atoms with Gasteiger partial charge in [0.15, 0.2) is 5.75 Å². The summed E-state index contributed by atoms with van der Waals surface area (Å²) in [6, 6.07) is 12.7. The van der Waals surface area contributed by atoms with E-state index in [0.717, 1.165) is 10.9 Å². The minimum Gasteiger partial charge on any atom is -0.433 e. The highest BCUT2D eigenvalue weighted by molar-refractivity contribution is 6.02. The molecule has 0 saturated heterocycles. The lowest BCUT2D eigenvalue weighted by molar-refractivity contribution is -0.111. The van der Waals surface area contributed by atoms with Crippen molar-refractivity contribution in [3.05, 3.63) is 79.2 Å². The molecule has 0 bridgehead atoms. The molecule has 0 aliphatic rings. The maximum absolute atomic E-state index is 13.6. The van der Waals surface area contributed by atoms with Gasteiger partial charge >= 0.3 is 6.61 Å². The number of alkyl halides is 2. The number of allylic oxidation sites excluding steroid dienone is 2. The molecule has 222 valence electrons. The number of amides is 1. The SMILES string of the molecule is C=C/C=C\C(=O)Nc1cc(Nc2ncc(C#N)c(-c3cn(C)c4ccccc34)n2)c(OC(F)F)cc1N(C)CCN(C)C. The molecular weight excluding hydrogens is 554 g/mol. The van der Waals surface area contributed by atoms with E-state index in [2.05, 4.69) is 33.2 Å². The number of aromatic nitrogens is 3. The largest absolute Gasteiger partial charge is 0.433 e. The number of anilines is 4. The highest BCUT2D eigenvalue weighted by Crippen LogP contribution is 2.39. The number of halogens is 2. The summed E-state index contributed by atoms with van der Waals surface area (Å²) in [5, 5.41) is 16.4. The summed E-state index contributed by atoms with van der Waals surface area (Å²) in [7, 11) is 7.51. The van der Waals surface area contributed by atoms with Gasteiger partial charge in [-0.15, -0.1) is 0 Å². The van der Waals surface area contributed by atoms with Gasteiger partial charge in [-0.05, 0) is 26.2 Å². The number of hydrogen-bond acceptors (Lipinski definition) is 8. The molecule has 2 aromatic heterocycles. The fourth-order valence-electron chi connectivity index (χ4n) is 4.46. The predicted molar refractivity (Wildman–Crippen MR) is 165 cm³/mol. The van der Waals surface area contributed by atoms with Gasteiger partial charge in [0, 0.05) is 62.0 Å². The van der Waals surface area contributed by atoms with E-state index >= 15 is 0 Å². The number of rotatable bonds is 12. The summed E-state index contributed by atoms with van der Waals surface area (Å²) in [4.78, 5) is 25.3. The average molecular weight is 587 g/mol. The van der Waals surface area contributed by atoms with E-state index in [1.165, 1.54) is 36.6 Å². The summed E-state index contributed by atoms with van der Waals surface area (Å²) in [5.41, 5.74) is 3.15. The number of nitrogens with zero attached hydrogens (tertiary/aromatic N) is 6. The lowest BCUT2D eigenvalue weighted by Gasteiger charge is -2.26. The van der Waals surface area contributed by atoms with Crippen molar-refractivity contribution in [3.63, 3.8) is 0 Å². The molecule has 4 rings (SSSR count). The predicted octanol–water partition coefficient (Wildman–Crippen LogP) is 5.53. The first kappa shape index (κ1) is 30.7. The first-order valence-corrected chi connectivity index (χ1v) is 13.3. The molecule has 10 nitrogen and oxygen atoms in total. The normalized spacial score (nSPS) is 11.2. The Labute approximate surface area is 248 Å². The third-order valence-electron chi connectivity index (χ3n) is 6.56. The van der Waals surface area contributed by atoms with Crippen LogP contribution < -0.4 is 20.3 Å². The standard InChI is InChI=1S/C31H32F2N8O2/c1-6-7-12-28(42)36-23-15-24(27(43-30(32)33)16-26(23)40(4)14-13-39(2)3)37-31-35-18-20(17-34)29(38-31)22-19-41(5)25-11-9-8-10-21(22)25/h6-12,15-16,18-19,30H,1,13-14H2,2-5H3,(H,36,42)(H,35,37,38)/b12-7-. The van der Waals surface area contributed by atoms with Crippen LogP contribution in [0.25, 0.3) is 22.2 Å². The first-order valence-electron chi connectivity index (χ1n) is 13.3. The van der Waals surface area contributed by atoms with Crippen molar-refractivity contribution in [2.24, 2.45) is 7.05 Å². The zero-order chi connectivity index (χ0) is 31.1. The van der Waals surface area contributed by atoms with Crippen molar-refractivity contribution < 1.29 is 18.3 Å². The smallest absolute Gasteiger partial charge is 0.387 e. The van der Waals surface area contributed by atoms with Crippen LogP contribution in [0.3, 0.4) is 0 Å². The Morgan fingerprint density at radius 1 is 1.21 bits per heavy atom. The van der Waals surface area contributed by atoms with E-state index in [9.17, 15) is 18.8 Å². The Kier molecular flexibility index (Phi) is 9.69. The van der Waals surface area contributed by atoms with Crippen LogP contribution in [0, 0.1) is 11.3 Å². The molecule has 0 fully saturated rings. The minimum atomic E-state index is -3.12. The zero-order valence-electron chi connectivity index (χ0n) is 24.3. The molecule has 0 aliphatic heterocycles. The number of para-hydroxylation sites is 1. The van der Waals surface area contributed by atoms with Crippen molar-refractivity contribution >= 4 is 39.8 Å². The number of hydrogen-bond donors (Lipinski definition) is 2. The number of fused-ring (bicyclic) bond motifs is 1. The number of aryl methyl sites for hydroxylation is 1. The van der Waals surface area contributed by atoms with Gasteiger partial charge in [-0.25, -0.2) is 9.97 Å². The molecule has 2 N–H and O–H groups in total. The van der Waals surface area contributed by atoms with Crippen LogP contribution in [0.2, 0.25) is 0 Å². The van der Waals surface area contributed by atoms with Crippen molar-refractivity contribution in [1.82, 2.24) is 19.4 Å². The van der Waals surface area contributed by atoms with Crippen LogP contribution >= 0.6 is 0 Å². The van der Waals surface area contributed by atoms with Crippen LogP contribution in [0.4, 0.5) is 31.8 Å². The van der Waals surface area contributed by atoms with E-state index in [-0.39, 0.29) is 22.9 Å². The summed E-state index contributed by atoms with van der Waals surface area (Å²) in [5.74, 6) is -0.580. The van der Waals surface area contributed by atoms with Gasteiger partial charge in [0.2, 0.25) is 11.9 Å². The molecular formula is C31H32F2N8O2. The van der Waals surface area contributed by atoms with Crippen molar-refractivity contribution in [3.8, 4) is 23.1 Å². The minimum absolute atomic E-state index is 0.0404. The number of ether oxygens (including phenoxy) is 1. The first-order chi connectivity index (χ1) is 20.6. The molecule has 0 saturated carbocycles. The number of carbonyl (C=O) groups is 1. The quantitative estimate of drug-likeness (QED) is 0.165. The molecule has 0 spiro atoms. The fourth-order valence-corrected chi connectivity index (χ4v) is 4.46. The van der Waals surface area contributed by atoms with Gasteiger partial charge in [0.25, 0.3) is 0 Å². The number of nitrogens with one attached hydrogen (secondary N) is 2. The summed E-state index contributed by atoms with van der Waals surface area (Å²) in [6.45, 7) is 1.65. The molecule has 0 aliphatic carbocycles. The second-order valence-electron chi connectivity index (χ2n) is 9.92. The van der Waals surface area contributed by atoms with Crippen LogP contribution in [-0.4, -0.2) is 66.2 Å². The second-order valence-corrected chi connectivity index (χ2v) is 9.92. The van der Waals surface area contributed by atoms with Crippen molar-refractivity contribution in [2.75, 3.05) is 49.8 Å². The van der Waals surface area contributed by atoms with Crippen LogP contribution in [-0.2, 0) is 11.8 Å². The average Bonchev–Trinajstić information content (AvgIpc) is 3.31. The van der Waals surface area contributed by atoms with Crippen molar-refractivity contribution in [1.29, 1.82) is 5.26 Å². The topological polar surface area (TPSA) is 111 Å². The van der Waals surface area contributed by atoms with E-state index in [1.54, 1.807) is 7.05 Å². The van der Waals surface area contributed by atoms with Gasteiger partial charge in [-0.2, -0.15) is 14.0 Å². The number of benzene rings is 2. The molecule has 0 radical (unpaired) electrons. The Balaban J connectivity index is 1.81. The Bertz CT molecular complexity index is 1710. The monoisotopic (exact) mass is 586 g/mol. The molecule has 12 heteroatoms. The molecule has 1 amide bonds. The van der Waals surface area contributed by atoms with E-state index in [1.807, 2.05) is 66.0 Å². The van der Waals surface area contributed by atoms with Gasteiger partial charge in [0.05, 0.1) is 34.5 Å². The van der Waals surface area contributed by atoms with Gasteiger partial charge < -0.3 is 29.7 Å². The molecule has 2 heterocycles. The maximum atomic E-state index is 13.6. The summed E-state index contributed by atoms with van der Waals surface area (Å²) < 4.78 is 34.0. The van der Waals surface area contributed by atoms with E-state index in [0.29, 0.717) is 35.7 Å².